The van der Waals surface area contributed by atoms with Crippen LogP contribution in [0.25, 0.3) is 0 Å². The zero-order valence-corrected chi connectivity index (χ0v) is 9.79. The first-order chi connectivity index (χ1) is 7.68. The first-order valence-corrected chi connectivity index (χ1v) is 5.78. The minimum atomic E-state index is -0.145. The van der Waals surface area contributed by atoms with E-state index in [4.69, 9.17) is 4.74 Å². The number of anilines is 1. The van der Waals surface area contributed by atoms with E-state index >= 15 is 0 Å². The summed E-state index contributed by atoms with van der Waals surface area (Å²) in [5, 5.41) is 3.24. The summed E-state index contributed by atoms with van der Waals surface area (Å²) >= 11 is 0. The van der Waals surface area contributed by atoms with Crippen LogP contribution < -0.4 is 5.32 Å². The Bertz CT molecular complexity index is 361. The predicted molar refractivity (Wildman–Crippen MR) is 63.1 cm³/mol. The third kappa shape index (κ3) is 2.35. The quantitative estimate of drug-likeness (QED) is 0.850. The molecule has 1 saturated heterocycles. The summed E-state index contributed by atoms with van der Waals surface area (Å²) in [7, 11) is 0. The molecule has 0 amide bonds. The van der Waals surface area contributed by atoms with Crippen molar-refractivity contribution in [1.29, 1.82) is 0 Å². The molecule has 2 rings (SSSR count). The molecule has 1 aliphatic heterocycles. The fourth-order valence-corrected chi connectivity index (χ4v) is 2.07. The molecule has 0 radical (unpaired) electrons. The zero-order valence-electron chi connectivity index (χ0n) is 9.79. The molecule has 1 heterocycles. The molecule has 1 aliphatic rings. The number of benzene rings is 1. The Morgan fingerprint density at radius 2 is 2.31 bits per heavy atom. The lowest BCUT2D eigenvalue weighted by Crippen LogP contribution is -2.26. The van der Waals surface area contributed by atoms with Gasteiger partial charge in [0.25, 0.3) is 0 Å². The van der Waals surface area contributed by atoms with Crippen molar-refractivity contribution < 1.29 is 9.13 Å². The van der Waals surface area contributed by atoms with Gasteiger partial charge in [-0.15, -0.1) is 0 Å². The Morgan fingerprint density at radius 1 is 1.50 bits per heavy atom. The molecule has 1 aromatic carbocycles. The van der Waals surface area contributed by atoms with Crippen LogP contribution in [-0.4, -0.2) is 19.3 Å². The normalized spacial score (nSPS) is 22.1. The lowest BCUT2D eigenvalue weighted by atomic mass is 10.0. The van der Waals surface area contributed by atoms with Crippen molar-refractivity contribution in [2.24, 2.45) is 5.92 Å². The van der Waals surface area contributed by atoms with Crippen molar-refractivity contribution in [3.05, 3.63) is 29.6 Å². The Balaban J connectivity index is 2.05. The fraction of sp³-hybridized carbons (Fsp3) is 0.538. The molecule has 1 N–H and O–H groups in total. The van der Waals surface area contributed by atoms with E-state index in [2.05, 4.69) is 12.2 Å². The molecule has 1 fully saturated rings. The molecule has 88 valence electrons. The maximum Gasteiger partial charge on any atom is 0.149 e. The summed E-state index contributed by atoms with van der Waals surface area (Å²) in [4.78, 5) is 0. The van der Waals surface area contributed by atoms with Gasteiger partial charge in [-0.05, 0) is 31.9 Å². The topological polar surface area (TPSA) is 21.3 Å². The first-order valence-electron chi connectivity index (χ1n) is 5.78. The van der Waals surface area contributed by atoms with E-state index < -0.39 is 0 Å². The Kier molecular flexibility index (Phi) is 3.44. The zero-order chi connectivity index (χ0) is 11.5. The van der Waals surface area contributed by atoms with Crippen molar-refractivity contribution in [2.45, 2.75) is 26.3 Å². The Hall–Kier alpha value is -1.09. The van der Waals surface area contributed by atoms with Gasteiger partial charge >= 0.3 is 0 Å². The van der Waals surface area contributed by atoms with Gasteiger partial charge in [0, 0.05) is 18.6 Å². The molecule has 0 spiro atoms. The van der Waals surface area contributed by atoms with Gasteiger partial charge < -0.3 is 10.1 Å². The van der Waals surface area contributed by atoms with Crippen LogP contribution in [0.5, 0.6) is 0 Å². The average molecular weight is 223 g/mol. The molecule has 3 heteroatoms. The molecule has 16 heavy (non-hydrogen) atoms. The van der Waals surface area contributed by atoms with Crippen molar-refractivity contribution >= 4 is 5.69 Å². The van der Waals surface area contributed by atoms with Gasteiger partial charge in [0.05, 0.1) is 12.3 Å². The van der Waals surface area contributed by atoms with E-state index in [1.165, 1.54) is 0 Å². The van der Waals surface area contributed by atoms with Crippen LogP contribution in [0.4, 0.5) is 10.1 Å². The molecular formula is C13H18FNO. The number of halogens is 1. The van der Waals surface area contributed by atoms with Crippen molar-refractivity contribution in [3.8, 4) is 0 Å². The summed E-state index contributed by atoms with van der Waals surface area (Å²) in [5.41, 5.74) is 1.28. The smallest absolute Gasteiger partial charge is 0.149 e. The van der Waals surface area contributed by atoms with E-state index in [9.17, 15) is 4.39 Å². The highest BCUT2D eigenvalue weighted by Gasteiger charge is 2.22. The van der Waals surface area contributed by atoms with Crippen LogP contribution >= 0.6 is 0 Å². The maximum absolute atomic E-state index is 13.8. The summed E-state index contributed by atoms with van der Waals surface area (Å²) in [6.07, 6.45) is 1.06. The van der Waals surface area contributed by atoms with Gasteiger partial charge in [0.1, 0.15) is 5.82 Å². The van der Waals surface area contributed by atoms with Gasteiger partial charge in [-0.25, -0.2) is 4.39 Å². The van der Waals surface area contributed by atoms with Gasteiger partial charge in [-0.2, -0.15) is 0 Å². The number of aryl methyl sites for hydroxylation is 1. The second-order valence-corrected chi connectivity index (χ2v) is 4.49. The van der Waals surface area contributed by atoms with E-state index in [1.807, 2.05) is 6.07 Å². The summed E-state index contributed by atoms with van der Waals surface area (Å²) in [6, 6.07) is 5.69. The van der Waals surface area contributed by atoms with Crippen LogP contribution in [-0.2, 0) is 4.74 Å². The number of hydrogen-bond acceptors (Lipinski definition) is 2. The third-order valence-electron chi connectivity index (χ3n) is 3.25. The van der Waals surface area contributed by atoms with Gasteiger partial charge in [-0.1, -0.05) is 12.1 Å². The summed E-state index contributed by atoms with van der Waals surface area (Å²) < 4.78 is 19.1. The van der Waals surface area contributed by atoms with E-state index in [1.54, 1.807) is 19.1 Å². The standard InChI is InChI=1S/C13H18FNO/c1-9-4-3-5-12(13(9)14)15-10(2)11-6-7-16-8-11/h3-5,10-11,15H,6-8H2,1-2H3. The van der Waals surface area contributed by atoms with Gasteiger partial charge in [0.2, 0.25) is 0 Å². The third-order valence-corrected chi connectivity index (χ3v) is 3.25. The highest BCUT2D eigenvalue weighted by Crippen LogP contribution is 2.23. The number of rotatable bonds is 3. The lowest BCUT2D eigenvalue weighted by Gasteiger charge is -2.21. The van der Waals surface area contributed by atoms with E-state index in [0.717, 1.165) is 19.6 Å². The monoisotopic (exact) mass is 223 g/mol. The van der Waals surface area contributed by atoms with Gasteiger partial charge in [-0.3, -0.25) is 0 Å². The van der Waals surface area contributed by atoms with E-state index in [0.29, 0.717) is 17.2 Å². The first kappa shape index (κ1) is 11.4. The number of hydrogen-bond donors (Lipinski definition) is 1. The number of nitrogens with one attached hydrogen (secondary N) is 1. The maximum atomic E-state index is 13.8. The van der Waals surface area contributed by atoms with Crippen LogP contribution in [0, 0.1) is 18.7 Å². The largest absolute Gasteiger partial charge is 0.381 e. The SMILES string of the molecule is Cc1cccc(NC(C)C2CCOC2)c1F. The molecule has 2 nitrogen and oxygen atoms in total. The molecule has 0 aliphatic carbocycles. The predicted octanol–water partition coefficient (Wildman–Crippen LogP) is 2.97. The van der Waals surface area contributed by atoms with Crippen molar-refractivity contribution in [3.63, 3.8) is 0 Å². The van der Waals surface area contributed by atoms with Crippen LogP contribution in [0.3, 0.4) is 0 Å². The van der Waals surface area contributed by atoms with Crippen LogP contribution in [0.2, 0.25) is 0 Å². The van der Waals surface area contributed by atoms with Crippen molar-refractivity contribution in [2.75, 3.05) is 18.5 Å². The second kappa shape index (κ2) is 4.83. The second-order valence-electron chi connectivity index (χ2n) is 4.49. The van der Waals surface area contributed by atoms with Gasteiger partial charge in [0.15, 0.2) is 0 Å². The molecule has 0 saturated carbocycles. The van der Waals surface area contributed by atoms with Crippen LogP contribution in [0.15, 0.2) is 18.2 Å². The summed E-state index contributed by atoms with van der Waals surface area (Å²) in [6.45, 7) is 5.47. The molecule has 2 unspecified atom stereocenters. The number of ether oxygens (including phenoxy) is 1. The lowest BCUT2D eigenvalue weighted by molar-refractivity contribution is 0.183. The minimum Gasteiger partial charge on any atom is -0.381 e. The summed E-state index contributed by atoms with van der Waals surface area (Å²) in [5.74, 6) is 0.341. The van der Waals surface area contributed by atoms with Crippen molar-refractivity contribution in [1.82, 2.24) is 0 Å². The Morgan fingerprint density at radius 3 is 3.00 bits per heavy atom. The Labute approximate surface area is 95.8 Å². The average Bonchev–Trinajstić information content (AvgIpc) is 2.78. The highest BCUT2D eigenvalue weighted by molar-refractivity contribution is 5.48. The molecular weight excluding hydrogens is 205 g/mol. The van der Waals surface area contributed by atoms with E-state index in [-0.39, 0.29) is 11.9 Å². The molecule has 2 atom stereocenters. The highest BCUT2D eigenvalue weighted by atomic mass is 19.1. The van der Waals surface area contributed by atoms with Crippen LogP contribution in [0.1, 0.15) is 18.9 Å². The molecule has 0 bridgehead atoms. The fourth-order valence-electron chi connectivity index (χ4n) is 2.07. The molecule has 0 aromatic heterocycles. The molecule has 1 aromatic rings. The minimum absolute atomic E-state index is 0.145.